The molecule has 1 aliphatic carbocycles. The molecule has 0 amide bonds. The summed E-state index contributed by atoms with van der Waals surface area (Å²) >= 11 is 0. The molecule has 1 unspecified atom stereocenters. The van der Waals surface area contributed by atoms with Crippen molar-refractivity contribution in [1.29, 1.82) is 0 Å². The molecule has 2 aromatic rings. The van der Waals surface area contributed by atoms with Crippen molar-refractivity contribution in [3.63, 3.8) is 0 Å². The minimum absolute atomic E-state index is 0.0512. The van der Waals surface area contributed by atoms with Crippen molar-refractivity contribution in [2.45, 2.75) is 62.8 Å². The molecule has 1 heterocycles. The third-order valence-electron chi connectivity index (χ3n) is 7.15. The number of ether oxygens (including phenoxy) is 1. The van der Waals surface area contributed by atoms with Crippen molar-refractivity contribution in [2.75, 3.05) is 20.2 Å². The zero-order valence-corrected chi connectivity index (χ0v) is 20.1. The molecule has 1 spiro atoms. The quantitative estimate of drug-likeness (QED) is 0.475. The summed E-state index contributed by atoms with van der Waals surface area (Å²) in [6.45, 7) is 2.78. The number of likely N-dealkylation sites (tertiary alicyclic amines) is 1. The van der Waals surface area contributed by atoms with Gasteiger partial charge in [-0.15, -0.1) is 0 Å². The summed E-state index contributed by atoms with van der Waals surface area (Å²) in [7, 11) is -2.77. The first-order valence-corrected chi connectivity index (χ1v) is 13.3. The highest BCUT2D eigenvalue weighted by Crippen LogP contribution is 2.47. The maximum absolute atomic E-state index is 11.3. The molecule has 2 aromatic carbocycles. The van der Waals surface area contributed by atoms with Gasteiger partial charge in [-0.3, -0.25) is 9.42 Å². The summed E-state index contributed by atoms with van der Waals surface area (Å²) in [5.74, 6) is 0.866. The summed E-state index contributed by atoms with van der Waals surface area (Å²) in [4.78, 5) is 21.0. The largest absolute Gasteiger partial charge is 0.497 e. The lowest BCUT2D eigenvalue weighted by atomic mass is 9.78. The Morgan fingerprint density at radius 3 is 2.39 bits per heavy atom. The van der Waals surface area contributed by atoms with E-state index in [1.165, 1.54) is 11.1 Å². The van der Waals surface area contributed by atoms with Crippen LogP contribution in [0.4, 0.5) is 0 Å². The fourth-order valence-electron chi connectivity index (χ4n) is 5.44. The van der Waals surface area contributed by atoms with Crippen LogP contribution in [0.1, 0.15) is 43.2 Å². The Morgan fingerprint density at radius 1 is 1.06 bits per heavy atom. The summed E-state index contributed by atoms with van der Waals surface area (Å²) in [5.41, 5.74) is 2.61. The van der Waals surface area contributed by atoms with Gasteiger partial charge in [0, 0.05) is 31.2 Å². The van der Waals surface area contributed by atoms with E-state index in [0.717, 1.165) is 51.1 Å². The molecular formula is C25H35N2O5P. The Hall–Kier alpha value is -1.73. The number of methoxy groups -OCH3 is 1. The van der Waals surface area contributed by atoms with Crippen LogP contribution >= 0.6 is 7.82 Å². The Kier molecular flexibility index (Phi) is 7.90. The number of phosphoric ester groups is 1. The number of rotatable bonds is 9. The van der Waals surface area contributed by atoms with Gasteiger partial charge in [0.25, 0.3) is 0 Å². The molecule has 1 atom stereocenters. The lowest BCUT2D eigenvalue weighted by molar-refractivity contribution is 0.0292. The first-order valence-electron chi connectivity index (χ1n) is 11.7. The summed E-state index contributed by atoms with van der Waals surface area (Å²) < 4.78 is 21.6. The van der Waals surface area contributed by atoms with E-state index in [4.69, 9.17) is 9.26 Å². The normalized spacial score (nSPS) is 26.0. The number of nitrogens with zero attached hydrogens (tertiary/aromatic N) is 1. The summed E-state index contributed by atoms with van der Waals surface area (Å²) in [5, 5.41) is 3.75. The number of nitrogens with one attached hydrogen (secondary N) is 1. The molecule has 0 aromatic heterocycles. The Morgan fingerprint density at radius 2 is 1.76 bits per heavy atom. The van der Waals surface area contributed by atoms with Crippen molar-refractivity contribution in [2.24, 2.45) is 0 Å². The van der Waals surface area contributed by atoms with Gasteiger partial charge in [0.2, 0.25) is 0 Å². The number of hydrogen-bond acceptors (Lipinski definition) is 5. The van der Waals surface area contributed by atoms with Gasteiger partial charge in [0.05, 0.1) is 13.2 Å². The Labute approximate surface area is 196 Å². The van der Waals surface area contributed by atoms with Crippen LogP contribution < -0.4 is 10.1 Å². The van der Waals surface area contributed by atoms with E-state index >= 15 is 0 Å². The smallest absolute Gasteiger partial charge is 0.469 e. The van der Waals surface area contributed by atoms with Gasteiger partial charge < -0.3 is 19.8 Å². The molecule has 4 rings (SSSR count). The fraction of sp³-hybridized carbons (Fsp3) is 0.520. The van der Waals surface area contributed by atoms with Crippen molar-refractivity contribution < 1.29 is 23.6 Å². The molecular weight excluding hydrogens is 439 g/mol. The lowest BCUT2D eigenvalue weighted by Gasteiger charge is -2.43. The molecule has 0 radical (unpaired) electrons. The Balaban J connectivity index is 1.40. The molecule has 7 nitrogen and oxygen atoms in total. The monoisotopic (exact) mass is 474 g/mol. The van der Waals surface area contributed by atoms with Gasteiger partial charge in [-0.05, 0) is 61.8 Å². The molecule has 33 heavy (non-hydrogen) atoms. The topological polar surface area (TPSA) is 91.3 Å². The van der Waals surface area contributed by atoms with Crippen molar-refractivity contribution in [3.8, 4) is 5.75 Å². The third kappa shape index (κ3) is 6.66. The van der Waals surface area contributed by atoms with E-state index < -0.39 is 7.82 Å². The fourth-order valence-corrected chi connectivity index (χ4v) is 6.04. The number of phosphoric acid groups is 1. The van der Waals surface area contributed by atoms with Crippen LogP contribution in [0, 0.1) is 0 Å². The average Bonchev–Trinajstić information content (AvgIpc) is 3.15. The molecule has 8 heteroatoms. The highest BCUT2D eigenvalue weighted by Gasteiger charge is 2.47. The summed E-state index contributed by atoms with van der Waals surface area (Å²) in [6.07, 6.45) is 4.78. The van der Waals surface area contributed by atoms with Gasteiger partial charge in [0.15, 0.2) is 0 Å². The highest BCUT2D eigenvalue weighted by molar-refractivity contribution is 7.46. The first-order chi connectivity index (χ1) is 15.9. The second-order valence-electron chi connectivity index (χ2n) is 9.33. The van der Waals surface area contributed by atoms with E-state index in [2.05, 4.69) is 46.6 Å². The lowest BCUT2D eigenvalue weighted by Crippen LogP contribution is -2.48. The molecule has 3 N–H and O–H groups in total. The highest BCUT2D eigenvalue weighted by atomic mass is 31.2. The molecule has 1 aliphatic heterocycles. The first kappa shape index (κ1) is 24.4. The standard InChI is InChI=1S/C25H35N2O5P/c1-31-23-9-7-20(8-10-23)13-16-27-19-22(26-18-21-5-3-2-4-6-21)17-25(27)14-11-24(12-15-25)32-33(28,29)30/h2-10,22,24,26H,11-19H2,1H3,(H2,28,29,30). The minimum Gasteiger partial charge on any atom is -0.497 e. The van der Waals surface area contributed by atoms with E-state index in [1.807, 2.05) is 18.2 Å². The van der Waals surface area contributed by atoms with E-state index in [1.54, 1.807) is 7.11 Å². The van der Waals surface area contributed by atoms with Gasteiger partial charge in [-0.2, -0.15) is 0 Å². The minimum atomic E-state index is -4.45. The second-order valence-corrected chi connectivity index (χ2v) is 10.5. The Bertz CT molecular complexity index is 926. The van der Waals surface area contributed by atoms with E-state index in [-0.39, 0.29) is 11.6 Å². The van der Waals surface area contributed by atoms with Crippen LogP contribution in [-0.2, 0) is 22.1 Å². The van der Waals surface area contributed by atoms with Crippen molar-refractivity contribution in [1.82, 2.24) is 10.2 Å². The molecule has 1 saturated carbocycles. The SMILES string of the molecule is COc1ccc(CCN2CC(NCc3ccccc3)CC23CCC(OP(=O)(O)O)CC3)cc1. The molecule has 2 aliphatic rings. The van der Waals surface area contributed by atoms with Gasteiger partial charge >= 0.3 is 7.82 Å². The van der Waals surface area contributed by atoms with Gasteiger partial charge in [-0.25, -0.2) is 4.57 Å². The predicted octanol–water partition coefficient (Wildman–Crippen LogP) is 3.89. The van der Waals surface area contributed by atoms with Gasteiger partial charge in [0.1, 0.15) is 5.75 Å². The zero-order chi connectivity index (χ0) is 23.3. The summed E-state index contributed by atoms with van der Waals surface area (Å²) in [6, 6.07) is 19.1. The molecule has 180 valence electrons. The maximum Gasteiger partial charge on any atom is 0.469 e. The third-order valence-corrected chi connectivity index (χ3v) is 7.73. The van der Waals surface area contributed by atoms with Crippen LogP contribution in [0.2, 0.25) is 0 Å². The molecule has 1 saturated heterocycles. The van der Waals surface area contributed by atoms with Crippen LogP contribution in [0.25, 0.3) is 0 Å². The predicted molar refractivity (Wildman–Crippen MR) is 128 cm³/mol. The second kappa shape index (κ2) is 10.7. The van der Waals surface area contributed by atoms with Crippen molar-refractivity contribution in [3.05, 3.63) is 65.7 Å². The maximum atomic E-state index is 11.3. The van der Waals surface area contributed by atoms with Crippen LogP contribution in [0.5, 0.6) is 5.75 Å². The molecule has 2 fully saturated rings. The average molecular weight is 475 g/mol. The van der Waals surface area contributed by atoms with E-state index in [0.29, 0.717) is 18.9 Å². The van der Waals surface area contributed by atoms with Crippen LogP contribution in [-0.4, -0.2) is 52.6 Å². The van der Waals surface area contributed by atoms with Crippen molar-refractivity contribution >= 4 is 7.82 Å². The number of hydrogen-bond donors (Lipinski definition) is 3. The zero-order valence-electron chi connectivity index (χ0n) is 19.2. The van der Waals surface area contributed by atoms with Gasteiger partial charge in [-0.1, -0.05) is 42.5 Å². The number of benzene rings is 2. The van der Waals surface area contributed by atoms with E-state index in [9.17, 15) is 14.4 Å². The van der Waals surface area contributed by atoms with Crippen LogP contribution in [0.3, 0.4) is 0 Å². The van der Waals surface area contributed by atoms with Crippen LogP contribution in [0.15, 0.2) is 54.6 Å². The molecule has 0 bridgehead atoms.